The number of carbonyl (C=O) groups is 1. The highest BCUT2D eigenvalue weighted by molar-refractivity contribution is 7.99. The van der Waals surface area contributed by atoms with Gasteiger partial charge in [0.05, 0.1) is 27.1 Å². The van der Waals surface area contributed by atoms with Crippen molar-refractivity contribution < 1.29 is 19.0 Å². The second kappa shape index (κ2) is 9.65. The number of aromatic nitrogens is 4. The smallest absolute Gasteiger partial charge is 0.300 e. The van der Waals surface area contributed by atoms with Gasteiger partial charge in [0, 0.05) is 42.0 Å². The van der Waals surface area contributed by atoms with Crippen LogP contribution in [-0.2, 0) is 4.79 Å². The average molecular weight is 468 g/mol. The fraction of sp³-hybridized carbons (Fsp3) is 0.182. The van der Waals surface area contributed by atoms with E-state index in [9.17, 15) is 9.59 Å². The Balaban J connectivity index is 1.49. The zero-order chi connectivity index (χ0) is 23.4. The SMILES string of the molecule is COc1ccc(-n2ccn3c(SCC(=O)Nc4cc(OC)cc(OC)c4)nnc3c2=O)cc1. The van der Waals surface area contributed by atoms with Crippen molar-refractivity contribution in [1.29, 1.82) is 0 Å². The van der Waals surface area contributed by atoms with Crippen LogP contribution in [0.5, 0.6) is 17.2 Å². The largest absolute Gasteiger partial charge is 0.497 e. The maximum absolute atomic E-state index is 12.9. The topological polar surface area (TPSA) is 109 Å². The van der Waals surface area contributed by atoms with Gasteiger partial charge in [-0.05, 0) is 24.3 Å². The van der Waals surface area contributed by atoms with E-state index in [-0.39, 0.29) is 22.9 Å². The number of nitrogens with one attached hydrogen (secondary N) is 1. The minimum absolute atomic E-state index is 0.0713. The zero-order valence-corrected chi connectivity index (χ0v) is 19.0. The van der Waals surface area contributed by atoms with E-state index < -0.39 is 0 Å². The van der Waals surface area contributed by atoms with Crippen LogP contribution in [0.25, 0.3) is 11.3 Å². The molecule has 33 heavy (non-hydrogen) atoms. The zero-order valence-electron chi connectivity index (χ0n) is 18.1. The van der Waals surface area contributed by atoms with E-state index in [1.54, 1.807) is 66.4 Å². The maximum Gasteiger partial charge on any atom is 0.300 e. The van der Waals surface area contributed by atoms with Crippen molar-refractivity contribution in [2.45, 2.75) is 5.16 Å². The van der Waals surface area contributed by atoms with Gasteiger partial charge in [-0.1, -0.05) is 11.8 Å². The summed E-state index contributed by atoms with van der Waals surface area (Å²) in [6.07, 6.45) is 3.32. The molecule has 11 heteroatoms. The minimum Gasteiger partial charge on any atom is -0.497 e. The van der Waals surface area contributed by atoms with Gasteiger partial charge in [0.2, 0.25) is 11.6 Å². The molecule has 0 radical (unpaired) electrons. The third kappa shape index (κ3) is 4.77. The van der Waals surface area contributed by atoms with E-state index in [1.807, 2.05) is 0 Å². The summed E-state index contributed by atoms with van der Waals surface area (Å²) >= 11 is 1.17. The van der Waals surface area contributed by atoms with Crippen molar-refractivity contribution in [3.8, 4) is 22.9 Å². The monoisotopic (exact) mass is 467 g/mol. The molecule has 0 fully saturated rings. The third-order valence-electron chi connectivity index (χ3n) is 4.76. The Labute approximate surface area is 193 Å². The summed E-state index contributed by atoms with van der Waals surface area (Å²) in [4.78, 5) is 25.3. The van der Waals surface area contributed by atoms with Gasteiger partial charge in [-0.3, -0.25) is 18.6 Å². The lowest BCUT2D eigenvalue weighted by atomic mass is 10.2. The molecule has 4 aromatic rings. The molecule has 10 nitrogen and oxygen atoms in total. The molecule has 0 bridgehead atoms. The number of thioether (sulfide) groups is 1. The van der Waals surface area contributed by atoms with Gasteiger partial charge >= 0.3 is 5.56 Å². The molecule has 0 aliphatic rings. The Morgan fingerprint density at radius 2 is 1.61 bits per heavy atom. The van der Waals surface area contributed by atoms with Crippen LogP contribution in [0.4, 0.5) is 5.69 Å². The van der Waals surface area contributed by atoms with Crippen LogP contribution in [0.15, 0.2) is 64.8 Å². The molecule has 0 atom stereocenters. The van der Waals surface area contributed by atoms with E-state index in [0.717, 1.165) is 0 Å². The van der Waals surface area contributed by atoms with Crippen LogP contribution >= 0.6 is 11.8 Å². The summed E-state index contributed by atoms with van der Waals surface area (Å²) in [6.45, 7) is 0. The Morgan fingerprint density at radius 1 is 0.939 bits per heavy atom. The molecule has 1 amide bonds. The lowest BCUT2D eigenvalue weighted by Gasteiger charge is -2.09. The molecule has 0 unspecified atom stereocenters. The number of amides is 1. The number of hydrogen-bond acceptors (Lipinski definition) is 8. The summed E-state index contributed by atoms with van der Waals surface area (Å²) in [5.74, 6) is 1.64. The van der Waals surface area contributed by atoms with E-state index >= 15 is 0 Å². The van der Waals surface area contributed by atoms with Gasteiger partial charge in [0.1, 0.15) is 17.2 Å². The first kappa shape index (κ1) is 22.2. The lowest BCUT2D eigenvalue weighted by molar-refractivity contribution is -0.113. The molecule has 2 heterocycles. The maximum atomic E-state index is 12.9. The molecule has 170 valence electrons. The fourth-order valence-corrected chi connectivity index (χ4v) is 3.83. The van der Waals surface area contributed by atoms with E-state index in [0.29, 0.717) is 33.8 Å². The van der Waals surface area contributed by atoms with Gasteiger partial charge in [-0.2, -0.15) is 0 Å². The highest BCUT2D eigenvalue weighted by Gasteiger charge is 2.14. The molecule has 4 rings (SSSR count). The highest BCUT2D eigenvalue weighted by atomic mass is 32.2. The van der Waals surface area contributed by atoms with Crippen LogP contribution < -0.4 is 25.1 Å². The average Bonchev–Trinajstić information content (AvgIpc) is 3.26. The number of methoxy groups -OCH3 is 3. The second-order valence-electron chi connectivity index (χ2n) is 6.79. The Morgan fingerprint density at radius 3 is 2.24 bits per heavy atom. The van der Waals surface area contributed by atoms with Crippen LogP contribution in [0.1, 0.15) is 0 Å². The Kier molecular flexibility index (Phi) is 6.50. The Hall–Kier alpha value is -3.99. The van der Waals surface area contributed by atoms with Gasteiger partial charge in [0.15, 0.2) is 5.16 Å². The van der Waals surface area contributed by atoms with E-state index in [1.165, 1.54) is 30.5 Å². The van der Waals surface area contributed by atoms with Gasteiger partial charge < -0.3 is 19.5 Å². The van der Waals surface area contributed by atoms with Crippen LogP contribution in [0.3, 0.4) is 0 Å². The number of anilines is 1. The summed E-state index contributed by atoms with van der Waals surface area (Å²) in [5.41, 5.74) is 1.06. The van der Waals surface area contributed by atoms with E-state index in [4.69, 9.17) is 14.2 Å². The van der Waals surface area contributed by atoms with Gasteiger partial charge in [0.25, 0.3) is 0 Å². The predicted octanol–water partition coefficient (Wildman–Crippen LogP) is 2.64. The molecular formula is C22H21N5O5S. The lowest BCUT2D eigenvalue weighted by Crippen LogP contribution is -2.20. The summed E-state index contributed by atoms with van der Waals surface area (Å²) < 4.78 is 18.6. The molecule has 0 aliphatic carbocycles. The number of benzene rings is 2. The molecular weight excluding hydrogens is 446 g/mol. The number of carbonyl (C=O) groups excluding carboxylic acids is 1. The summed E-state index contributed by atoms with van der Waals surface area (Å²) in [5, 5.41) is 11.3. The number of fused-ring (bicyclic) bond motifs is 1. The molecule has 0 saturated heterocycles. The minimum atomic E-state index is -0.324. The molecule has 2 aromatic carbocycles. The van der Waals surface area contributed by atoms with Crippen LogP contribution in [0.2, 0.25) is 0 Å². The van der Waals surface area contributed by atoms with Gasteiger partial charge in [-0.15, -0.1) is 10.2 Å². The number of ether oxygens (including phenoxy) is 3. The standard InChI is InChI=1S/C22H21N5O5S/c1-30-16-6-4-15(5-7-16)26-8-9-27-20(21(26)29)24-25-22(27)33-13-19(28)23-14-10-17(31-2)12-18(11-14)32-3/h4-12H,13H2,1-3H3,(H,23,28). The highest BCUT2D eigenvalue weighted by Crippen LogP contribution is 2.26. The predicted molar refractivity (Wildman–Crippen MR) is 124 cm³/mol. The first-order valence-corrected chi connectivity index (χ1v) is 10.8. The molecule has 0 spiro atoms. The number of nitrogens with zero attached hydrogens (tertiary/aromatic N) is 4. The molecule has 0 aliphatic heterocycles. The first-order valence-electron chi connectivity index (χ1n) is 9.79. The normalized spacial score (nSPS) is 10.8. The van der Waals surface area contributed by atoms with Crippen molar-refractivity contribution >= 4 is 29.0 Å². The van der Waals surface area contributed by atoms with Crippen molar-refractivity contribution in [3.63, 3.8) is 0 Å². The van der Waals surface area contributed by atoms with Crippen molar-refractivity contribution in [1.82, 2.24) is 19.2 Å². The number of rotatable bonds is 8. The van der Waals surface area contributed by atoms with Crippen LogP contribution in [-0.4, -0.2) is 52.2 Å². The molecule has 1 N–H and O–H groups in total. The quantitative estimate of drug-likeness (QED) is 0.394. The first-order chi connectivity index (χ1) is 16.0. The summed E-state index contributed by atoms with van der Waals surface area (Å²) in [6, 6.07) is 12.2. The second-order valence-corrected chi connectivity index (χ2v) is 7.73. The van der Waals surface area contributed by atoms with Crippen molar-refractivity contribution in [2.75, 3.05) is 32.4 Å². The van der Waals surface area contributed by atoms with Gasteiger partial charge in [-0.25, -0.2) is 0 Å². The van der Waals surface area contributed by atoms with E-state index in [2.05, 4.69) is 15.5 Å². The summed E-state index contributed by atoms with van der Waals surface area (Å²) in [7, 11) is 4.65. The van der Waals surface area contributed by atoms with Crippen LogP contribution in [0, 0.1) is 0 Å². The van der Waals surface area contributed by atoms with Crippen molar-refractivity contribution in [3.05, 3.63) is 65.2 Å². The Bertz CT molecular complexity index is 1330. The number of hydrogen-bond donors (Lipinski definition) is 1. The molecule has 0 saturated carbocycles. The third-order valence-corrected chi connectivity index (χ3v) is 5.70. The van der Waals surface area contributed by atoms with Crippen molar-refractivity contribution in [2.24, 2.45) is 0 Å². The molecule has 2 aromatic heterocycles. The fourth-order valence-electron chi connectivity index (χ4n) is 3.12.